The fraction of sp³-hybridized carbons (Fsp3) is 0.706. The Balaban J connectivity index is 1.90. The van der Waals surface area contributed by atoms with E-state index in [1.165, 1.54) is 0 Å². The van der Waals surface area contributed by atoms with Gasteiger partial charge in [0.25, 0.3) is 0 Å². The Morgan fingerprint density at radius 3 is 2.79 bits per heavy atom. The minimum atomic E-state index is -0.473. The van der Waals surface area contributed by atoms with Crippen LogP contribution >= 0.6 is 0 Å². The van der Waals surface area contributed by atoms with Gasteiger partial charge in [0.15, 0.2) is 0 Å². The maximum absolute atomic E-state index is 12.4. The number of nitrogens with zero attached hydrogens (tertiary/aromatic N) is 3. The number of nitrogens with one attached hydrogen (secondary N) is 1. The van der Waals surface area contributed by atoms with E-state index < -0.39 is 5.60 Å². The maximum Gasteiger partial charge on any atom is 0.410 e. The number of hydrogen-bond acceptors (Lipinski definition) is 6. The van der Waals surface area contributed by atoms with Crippen LogP contribution in [0.3, 0.4) is 0 Å². The molecule has 7 nitrogen and oxygen atoms in total. The highest BCUT2D eigenvalue weighted by Crippen LogP contribution is 2.20. The molecule has 1 N–H and O–H groups in total. The molecule has 0 saturated carbocycles. The summed E-state index contributed by atoms with van der Waals surface area (Å²) in [5, 5.41) is 3.36. The Labute approximate surface area is 143 Å². The van der Waals surface area contributed by atoms with E-state index in [0.29, 0.717) is 19.0 Å². The average molecular weight is 336 g/mol. The molecular formula is C17H28N4O3. The molecule has 2 heterocycles. The van der Waals surface area contributed by atoms with E-state index in [0.717, 1.165) is 31.5 Å². The number of hydrogen-bond donors (Lipinski definition) is 1. The van der Waals surface area contributed by atoms with Crippen molar-refractivity contribution in [1.82, 2.24) is 20.2 Å². The topological polar surface area (TPSA) is 76.6 Å². The van der Waals surface area contributed by atoms with Crippen molar-refractivity contribution in [2.45, 2.75) is 58.2 Å². The van der Waals surface area contributed by atoms with Crippen LogP contribution < -0.4 is 10.1 Å². The van der Waals surface area contributed by atoms with Gasteiger partial charge in [-0.15, -0.1) is 0 Å². The molecule has 1 aliphatic heterocycles. The molecule has 24 heavy (non-hydrogen) atoms. The second-order valence-corrected chi connectivity index (χ2v) is 6.97. The maximum atomic E-state index is 12.4. The summed E-state index contributed by atoms with van der Waals surface area (Å²) in [7, 11) is 1.58. The summed E-state index contributed by atoms with van der Waals surface area (Å²) in [5.41, 5.74) is 0.291. The highest BCUT2D eigenvalue weighted by molar-refractivity contribution is 5.68. The van der Waals surface area contributed by atoms with Crippen molar-refractivity contribution in [3.8, 4) is 5.88 Å². The Morgan fingerprint density at radius 1 is 1.33 bits per heavy atom. The Morgan fingerprint density at radius 2 is 2.08 bits per heavy atom. The first-order valence-electron chi connectivity index (χ1n) is 8.45. The molecule has 1 aromatic heterocycles. The SMILES string of the molecule is COc1nccnc1CNCC1CCCCN1C(=O)OC(C)(C)C. The van der Waals surface area contributed by atoms with Gasteiger partial charge in [-0.25, -0.2) is 9.78 Å². The molecule has 1 saturated heterocycles. The number of methoxy groups -OCH3 is 1. The molecule has 1 atom stereocenters. The smallest absolute Gasteiger partial charge is 0.410 e. The van der Waals surface area contributed by atoms with Gasteiger partial charge in [-0.05, 0) is 40.0 Å². The van der Waals surface area contributed by atoms with Crippen molar-refractivity contribution in [3.63, 3.8) is 0 Å². The molecule has 0 radical (unpaired) electrons. The van der Waals surface area contributed by atoms with Crippen LogP contribution in [0.2, 0.25) is 0 Å². The summed E-state index contributed by atoms with van der Waals surface area (Å²) in [5.74, 6) is 0.526. The molecule has 134 valence electrons. The minimum Gasteiger partial charge on any atom is -0.480 e. The van der Waals surface area contributed by atoms with Crippen molar-refractivity contribution in [2.75, 3.05) is 20.2 Å². The third-order valence-electron chi connectivity index (χ3n) is 3.86. The quantitative estimate of drug-likeness (QED) is 0.889. The van der Waals surface area contributed by atoms with E-state index >= 15 is 0 Å². The van der Waals surface area contributed by atoms with Gasteiger partial charge in [-0.2, -0.15) is 0 Å². The lowest BCUT2D eigenvalue weighted by atomic mass is 10.0. The fourth-order valence-corrected chi connectivity index (χ4v) is 2.78. The van der Waals surface area contributed by atoms with Crippen molar-refractivity contribution in [3.05, 3.63) is 18.1 Å². The highest BCUT2D eigenvalue weighted by atomic mass is 16.6. The molecule has 1 aromatic rings. The number of likely N-dealkylation sites (tertiary alicyclic amines) is 1. The molecule has 2 rings (SSSR count). The molecule has 1 fully saturated rings. The van der Waals surface area contributed by atoms with Gasteiger partial charge in [-0.3, -0.25) is 4.98 Å². The van der Waals surface area contributed by atoms with Crippen LogP contribution in [-0.4, -0.2) is 52.8 Å². The standard InChI is InChI=1S/C17H28N4O3/c1-17(2,3)24-16(22)21-10-6-5-7-13(21)11-18-12-14-15(23-4)20-9-8-19-14/h8-9,13,18H,5-7,10-12H2,1-4H3. The number of amides is 1. The summed E-state index contributed by atoms with van der Waals surface area (Å²) in [6, 6.07) is 0.135. The first-order valence-corrected chi connectivity index (χ1v) is 8.45. The van der Waals surface area contributed by atoms with E-state index in [9.17, 15) is 4.79 Å². The van der Waals surface area contributed by atoms with Crippen LogP contribution in [0, 0.1) is 0 Å². The summed E-state index contributed by atoms with van der Waals surface area (Å²) >= 11 is 0. The van der Waals surface area contributed by atoms with E-state index in [1.54, 1.807) is 19.5 Å². The lowest BCUT2D eigenvalue weighted by molar-refractivity contribution is 0.00992. The van der Waals surface area contributed by atoms with Gasteiger partial charge in [0.2, 0.25) is 5.88 Å². The second-order valence-electron chi connectivity index (χ2n) is 6.97. The number of aromatic nitrogens is 2. The van der Waals surface area contributed by atoms with Gasteiger partial charge in [-0.1, -0.05) is 0 Å². The van der Waals surface area contributed by atoms with Crippen LogP contribution in [0.5, 0.6) is 5.88 Å². The molecule has 7 heteroatoms. The van der Waals surface area contributed by atoms with Crippen LogP contribution in [0.4, 0.5) is 4.79 Å². The largest absolute Gasteiger partial charge is 0.480 e. The van der Waals surface area contributed by atoms with E-state index in [-0.39, 0.29) is 12.1 Å². The molecular weight excluding hydrogens is 308 g/mol. The van der Waals surface area contributed by atoms with Crippen molar-refractivity contribution >= 4 is 6.09 Å². The molecule has 0 aromatic carbocycles. The van der Waals surface area contributed by atoms with Gasteiger partial charge in [0.1, 0.15) is 11.3 Å². The third kappa shape index (κ3) is 5.33. The number of piperidine rings is 1. The minimum absolute atomic E-state index is 0.135. The molecule has 1 amide bonds. The van der Waals surface area contributed by atoms with Crippen LogP contribution in [0.15, 0.2) is 12.4 Å². The zero-order chi connectivity index (χ0) is 17.6. The predicted octanol–water partition coefficient (Wildman–Crippen LogP) is 2.36. The van der Waals surface area contributed by atoms with E-state index in [1.807, 2.05) is 25.7 Å². The molecule has 0 bridgehead atoms. The van der Waals surface area contributed by atoms with Gasteiger partial charge < -0.3 is 19.7 Å². The van der Waals surface area contributed by atoms with Crippen molar-refractivity contribution in [2.24, 2.45) is 0 Å². The van der Waals surface area contributed by atoms with Crippen LogP contribution in [-0.2, 0) is 11.3 Å². The lowest BCUT2D eigenvalue weighted by Gasteiger charge is -2.36. The predicted molar refractivity (Wildman–Crippen MR) is 90.9 cm³/mol. The van der Waals surface area contributed by atoms with Crippen LogP contribution in [0.25, 0.3) is 0 Å². The number of rotatable bonds is 5. The average Bonchev–Trinajstić information content (AvgIpc) is 2.54. The van der Waals surface area contributed by atoms with Crippen molar-refractivity contribution < 1.29 is 14.3 Å². The zero-order valence-electron chi connectivity index (χ0n) is 15.0. The van der Waals surface area contributed by atoms with Crippen LogP contribution in [0.1, 0.15) is 45.7 Å². The Bertz CT molecular complexity index is 545. The van der Waals surface area contributed by atoms with Gasteiger partial charge in [0, 0.05) is 38.1 Å². The molecule has 0 spiro atoms. The Hall–Kier alpha value is -1.89. The zero-order valence-corrected chi connectivity index (χ0v) is 15.0. The van der Waals surface area contributed by atoms with E-state index in [4.69, 9.17) is 9.47 Å². The normalized spacial score (nSPS) is 18.3. The highest BCUT2D eigenvalue weighted by Gasteiger charge is 2.30. The molecule has 1 unspecified atom stereocenters. The fourth-order valence-electron chi connectivity index (χ4n) is 2.78. The lowest BCUT2D eigenvalue weighted by Crippen LogP contribution is -2.50. The summed E-state index contributed by atoms with van der Waals surface area (Å²) in [6.07, 6.45) is 6.14. The number of carbonyl (C=O) groups excluding carboxylic acids is 1. The molecule has 1 aliphatic rings. The van der Waals surface area contributed by atoms with E-state index in [2.05, 4.69) is 15.3 Å². The first-order chi connectivity index (χ1) is 11.4. The second kappa shape index (κ2) is 8.28. The summed E-state index contributed by atoms with van der Waals surface area (Å²) < 4.78 is 10.7. The monoisotopic (exact) mass is 336 g/mol. The van der Waals surface area contributed by atoms with Crippen molar-refractivity contribution in [1.29, 1.82) is 0 Å². The third-order valence-corrected chi connectivity index (χ3v) is 3.86. The Kier molecular flexibility index (Phi) is 6.36. The summed E-state index contributed by atoms with van der Waals surface area (Å²) in [4.78, 5) is 22.7. The van der Waals surface area contributed by atoms with Gasteiger partial charge >= 0.3 is 6.09 Å². The molecule has 0 aliphatic carbocycles. The van der Waals surface area contributed by atoms with Gasteiger partial charge in [0.05, 0.1) is 7.11 Å². The number of carbonyl (C=O) groups is 1. The summed E-state index contributed by atoms with van der Waals surface area (Å²) in [6.45, 7) is 7.66. The first kappa shape index (κ1) is 18.4. The number of ether oxygens (including phenoxy) is 2.